The van der Waals surface area contributed by atoms with Crippen molar-refractivity contribution in [1.29, 1.82) is 0 Å². The number of carbonyl (C=O) groups excluding carboxylic acids is 1. The van der Waals surface area contributed by atoms with Gasteiger partial charge in [-0.25, -0.2) is 9.37 Å². The SMILES string of the molecule is Cc1cc(C(=O)N[C@@H]2CCOC[C@H]2OCc2cscn2)ccc1F. The van der Waals surface area contributed by atoms with Crippen LogP contribution in [0, 0.1) is 12.7 Å². The van der Waals surface area contributed by atoms with Crippen LogP contribution >= 0.6 is 11.3 Å². The second-order valence-electron chi connectivity index (χ2n) is 5.74. The monoisotopic (exact) mass is 350 g/mol. The molecule has 1 amide bonds. The molecule has 0 aliphatic carbocycles. The zero-order valence-corrected chi connectivity index (χ0v) is 14.1. The molecule has 5 nitrogen and oxygen atoms in total. The van der Waals surface area contributed by atoms with Crippen LogP contribution in [0.2, 0.25) is 0 Å². The minimum Gasteiger partial charge on any atom is -0.379 e. The highest BCUT2D eigenvalue weighted by Gasteiger charge is 2.28. The molecule has 2 heterocycles. The second-order valence-corrected chi connectivity index (χ2v) is 6.46. The highest BCUT2D eigenvalue weighted by Crippen LogP contribution is 2.16. The first-order valence-corrected chi connectivity index (χ1v) is 8.71. The highest BCUT2D eigenvalue weighted by molar-refractivity contribution is 7.07. The smallest absolute Gasteiger partial charge is 0.251 e. The van der Waals surface area contributed by atoms with E-state index in [1.54, 1.807) is 18.5 Å². The van der Waals surface area contributed by atoms with Gasteiger partial charge in [-0.3, -0.25) is 4.79 Å². The predicted molar refractivity (Wildman–Crippen MR) is 88.5 cm³/mol. The molecule has 1 fully saturated rings. The van der Waals surface area contributed by atoms with Crippen molar-refractivity contribution in [2.45, 2.75) is 32.1 Å². The Morgan fingerprint density at radius 1 is 1.54 bits per heavy atom. The van der Waals surface area contributed by atoms with Gasteiger partial charge in [-0.1, -0.05) is 0 Å². The maximum atomic E-state index is 13.3. The van der Waals surface area contributed by atoms with E-state index in [2.05, 4.69) is 10.3 Å². The largest absolute Gasteiger partial charge is 0.379 e. The van der Waals surface area contributed by atoms with Crippen molar-refractivity contribution in [2.75, 3.05) is 13.2 Å². The molecule has 0 unspecified atom stereocenters. The fourth-order valence-electron chi connectivity index (χ4n) is 2.58. The molecule has 1 aromatic heterocycles. The molecule has 24 heavy (non-hydrogen) atoms. The van der Waals surface area contributed by atoms with Crippen molar-refractivity contribution in [3.05, 3.63) is 51.7 Å². The zero-order valence-electron chi connectivity index (χ0n) is 13.3. The van der Waals surface area contributed by atoms with E-state index in [1.807, 2.05) is 5.38 Å². The summed E-state index contributed by atoms with van der Waals surface area (Å²) in [6, 6.07) is 4.21. The number of benzene rings is 1. The molecule has 0 bridgehead atoms. The number of nitrogens with zero attached hydrogens (tertiary/aromatic N) is 1. The number of hydrogen-bond acceptors (Lipinski definition) is 5. The number of ether oxygens (including phenoxy) is 2. The van der Waals surface area contributed by atoms with Crippen molar-refractivity contribution in [2.24, 2.45) is 0 Å². The average Bonchev–Trinajstić information content (AvgIpc) is 3.10. The van der Waals surface area contributed by atoms with E-state index in [4.69, 9.17) is 9.47 Å². The first-order chi connectivity index (χ1) is 11.6. The lowest BCUT2D eigenvalue weighted by molar-refractivity contribution is -0.0742. The summed E-state index contributed by atoms with van der Waals surface area (Å²) < 4.78 is 24.7. The van der Waals surface area contributed by atoms with Gasteiger partial charge in [0, 0.05) is 17.6 Å². The Balaban J connectivity index is 1.62. The fraction of sp³-hybridized carbons (Fsp3) is 0.412. The number of carbonyl (C=O) groups is 1. The third-order valence-corrected chi connectivity index (χ3v) is 4.60. The Bertz CT molecular complexity index is 693. The Morgan fingerprint density at radius 2 is 2.42 bits per heavy atom. The Labute approximate surface area is 143 Å². The molecule has 3 rings (SSSR count). The molecule has 0 saturated carbocycles. The van der Waals surface area contributed by atoms with Gasteiger partial charge >= 0.3 is 0 Å². The molecule has 0 spiro atoms. The molecule has 2 aromatic rings. The molecule has 128 valence electrons. The van der Waals surface area contributed by atoms with Gasteiger partial charge in [0.15, 0.2) is 0 Å². The lowest BCUT2D eigenvalue weighted by Crippen LogP contribution is -2.50. The minimum absolute atomic E-state index is 0.143. The van der Waals surface area contributed by atoms with E-state index in [9.17, 15) is 9.18 Å². The number of halogens is 1. The number of rotatable bonds is 5. The van der Waals surface area contributed by atoms with E-state index < -0.39 is 0 Å². The van der Waals surface area contributed by atoms with Gasteiger partial charge in [-0.05, 0) is 37.1 Å². The van der Waals surface area contributed by atoms with Gasteiger partial charge < -0.3 is 14.8 Å². The number of aryl methyl sites for hydroxylation is 1. The maximum Gasteiger partial charge on any atom is 0.251 e. The summed E-state index contributed by atoms with van der Waals surface area (Å²) in [5, 5.41) is 4.91. The summed E-state index contributed by atoms with van der Waals surface area (Å²) in [5.41, 5.74) is 3.51. The Morgan fingerprint density at radius 3 is 3.17 bits per heavy atom. The molecule has 0 radical (unpaired) electrons. The molecule has 1 N–H and O–H groups in total. The van der Waals surface area contributed by atoms with Crippen LogP contribution in [0.3, 0.4) is 0 Å². The van der Waals surface area contributed by atoms with Crippen molar-refractivity contribution in [3.8, 4) is 0 Å². The van der Waals surface area contributed by atoms with Crippen LogP contribution in [-0.2, 0) is 16.1 Å². The van der Waals surface area contributed by atoms with Crippen LogP contribution in [0.1, 0.15) is 28.0 Å². The zero-order chi connectivity index (χ0) is 16.9. The first-order valence-electron chi connectivity index (χ1n) is 7.77. The molecule has 1 aliphatic rings. The topological polar surface area (TPSA) is 60.5 Å². The minimum atomic E-state index is -0.318. The van der Waals surface area contributed by atoms with Crippen molar-refractivity contribution >= 4 is 17.2 Å². The van der Waals surface area contributed by atoms with Gasteiger partial charge in [0.25, 0.3) is 5.91 Å². The first kappa shape index (κ1) is 17.0. The molecule has 2 atom stereocenters. The van der Waals surface area contributed by atoms with E-state index in [1.165, 1.54) is 23.5 Å². The average molecular weight is 350 g/mol. The summed E-state index contributed by atoms with van der Waals surface area (Å²) >= 11 is 1.51. The van der Waals surface area contributed by atoms with Gasteiger partial charge in [-0.15, -0.1) is 11.3 Å². The summed E-state index contributed by atoms with van der Waals surface area (Å²) in [6.45, 7) is 3.03. The second kappa shape index (κ2) is 7.83. The van der Waals surface area contributed by atoms with Gasteiger partial charge in [0.1, 0.15) is 11.9 Å². The van der Waals surface area contributed by atoms with Crippen LogP contribution in [0.15, 0.2) is 29.1 Å². The number of hydrogen-bond donors (Lipinski definition) is 1. The molecule has 1 aliphatic heterocycles. The van der Waals surface area contributed by atoms with Crippen molar-refractivity contribution in [1.82, 2.24) is 10.3 Å². The van der Waals surface area contributed by atoms with Gasteiger partial charge in [0.2, 0.25) is 0 Å². The van der Waals surface area contributed by atoms with Crippen LogP contribution in [0.5, 0.6) is 0 Å². The number of nitrogens with one attached hydrogen (secondary N) is 1. The van der Waals surface area contributed by atoms with E-state index in [0.717, 1.165) is 5.69 Å². The Kier molecular flexibility index (Phi) is 5.55. The number of aromatic nitrogens is 1. The fourth-order valence-corrected chi connectivity index (χ4v) is 3.12. The summed E-state index contributed by atoms with van der Waals surface area (Å²) in [4.78, 5) is 16.6. The van der Waals surface area contributed by atoms with E-state index in [-0.39, 0.29) is 23.9 Å². The van der Waals surface area contributed by atoms with Gasteiger partial charge in [0.05, 0.1) is 30.5 Å². The molecule has 1 saturated heterocycles. The van der Waals surface area contributed by atoms with Crippen LogP contribution in [0.4, 0.5) is 4.39 Å². The molecular weight excluding hydrogens is 331 g/mol. The van der Waals surface area contributed by atoms with Gasteiger partial charge in [-0.2, -0.15) is 0 Å². The molecular formula is C17H19FN2O3S. The van der Waals surface area contributed by atoms with Crippen LogP contribution < -0.4 is 5.32 Å². The van der Waals surface area contributed by atoms with Crippen molar-refractivity contribution in [3.63, 3.8) is 0 Å². The summed E-state index contributed by atoms with van der Waals surface area (Å²) in [7, 11) is 0. The highest BCUT2D eigenvalue weighted by atomic mass is 32.1. The lowest BCUT2D eigenvalue weighted by Gasteiger charge is -2.32. The summed E-state index contributed by atoms with van der Waals surface area (Å²) in [6.07, 6.45) is 0.444. The maximum absolute atomic E-state index is 13.3. The predicted octanol–water partition coefficient (Wildman–Crippen LogP) is 2.69. The van der Waals surface area contributed by atoms with Crippen LogP contribution in [-0.4, -0.2) is 36.3 Å². The lowest BCUT2D eigenvalue weighted by atomic mass is 10.0. The molecule has 1 aromatic carbocycles. The normalized spacial score (nSPS) is 20.8. The van der Waals surface area contributed by atoms with Crippen LogP contribution in [0.25, 0.3) is 0 Å². The standard InChI is InChI=1S/C17H19FN2O3S/c1-11-6-12(2-3-14(11)18)17(21)20-15-4-5-22-8-16(15)23-7-13-9-24-10-19-13/h2-3,6,9-10,15-16H,4-5,7-8H2,1H3,(H,20,21)/t15-,16-/m1/s1. The quantitative estimate of drug-likeness (QED) is 0.901. The third-order valence-electron chi connectivity index (χ3n) is 3.97. The Hall–Kier alpha value is -1.83. The third kappa shape index (κ3) is 4.17. The van der Waals surface area contributed by atoms with E-state index >= 15 is 0 Å². The van der Waals surface area contributed by atoms with E-state index in [0.29, 0.717) is 37.4 Å². The van der Waals surface area contributed by atoms with Crippen molar-refractivity contribution < 1.29 is 18.7 Å². The summed E-state index contributed by atoms with van der Waals surface area (Å²) in [5.74, 6) is -0.547. The number of amides is 1. The molecule has 7 heteroatoms. The number of thiazole rings is 1.